The van der Waals surface area contributed by atoms with E-state index in [4.69, 9.17) is 33.2 Å². The van der Waals surface area contributed by atoms with Gasteiger partial charge in [-0.05, 0) is 80.8 Å². The van der Waals surface area contributed by atoms with Crippen LogP contribution in [-0.2, 0) is 38.0 Å². The topological polar surface area (TPSA) is 186 Å². The molecule has 0 bridgehead atoms. The van der Waals surface area contributed by atoms with E-state index >= 15 is 0 Å². The molecule has 3 heterocycles. The van der Waals surface area contributed by atoms with Gasteiger partial charge in [0.25, 0.3) is 0 Å². The molecular weight excluding hydrogens is 678 g/mol. The summed E-state index contributed by atoms with van der Waals surface area (Å²) in [6.07, 6.45) is -9.40. The van der Waals surface area contributed by atoms with E-state index in [0.717, 1.165) is 0 Å². The van der Waals surface area contributed by atoms with Crippen molar-refractivity contribution in [2.75, 3.05) is 28.3 Å². The SMILES string of the molecule is CC[C@H]1OC(=O)[C@H](C)[C@@H](O[C@H]2C[C@@](C)(OC)[C@@H](O)[C@H](C)O2)[C@H](C)[C@H](O[C@@H]2O[C@H](C)C[C@H](N(C)C)[C@H]2O)[C@](C)(OC)C[C@@H](C)[C@H](O)[C@H](C)[C@@H](O)[C@]1(C)O. The number of hydrogen-bond donors (Lipinski definition) is 5. The number of ether oxygens (including phenoxy) is 7. The molecule has 52 heavy (non-hydrogen) atoms. The quantitative estimate of drug-likeness (QED) is 0.228. The first kappa shape index (κ1) is 45.4. The van der Waals surface area contributed by atoms with Crippen LogP contribution >= 0.6 is 0 Å². The van der Waals surface area contributed by atoms with Gasteiger partial charge in [-0.15, -0.1) is 0 Å². The molecule has 306 valence electrons. The summed E-state index contributed by atoms with van der Waals surface area (Å²) >= 11 is 0. The van der Waals surface area contributed by atoms with Gasteiger partial charge in [-0.3, -0.25) is 4.79 Å². The summed E-state index contributed by atoms with van der Waals surface area (Å²) < 4.78 is 44.0. The Kier molecular flexibility index (Phi) is 15.6. The Hall–Kier alpha value is -1.01. The fraction of sp³-hybridized carbons (Fsp3) is 0.974. The Balaban J connectivity index is 2.22. The molecule has 3 rings (SSSR count). The van der Waals surface area contributed by atoms with Gasteiger partial charge >= 0.3 is 5.97 Å². The van der Waals surface area contributed by atoms with Crippen LogP contribution in [0.4, 0.5) is 0 Å². The van der Waals surface area contributed by atoms with Crippen LogP contribution in [0.3, 0.4) is 0 Å². The van der Waals surface area contributed by atoms with Crippen molar-refractivity contribution >= 4 is 5.97 Å². The molecule has 0 radical (unpaired) electrons. The minimum absolute atomic E-state index is 0.138. The lowest BCUT2D eigenvalue weighted by Crippen LogP contribution is -2.61. The van der Waals surface area contributed by atoms with E-state index < -0.39 is 108 Å². The molecule has 3 aliphatic heterocycles. The van der Waals surface area contributed by atoms with Crippen LogP contribution in [-0.4, -0.2) is 155 Å². The average molecular weight is 750 g/mol. The third-order valence-corrected chi connectivity index (χ3v) is 12.5. The molecule has 3 saturated heterocycles. The molecule has 0 unspecified atom stereocenters. The second-order valence-electron chi connectivity index (χ2n) is 16.9. The monoisotopic (exact) mass is 749 g/mol. The van der Waals surface area contributed by atoms with Gasteiger partial charge in [-0.2, -0.15) is 0 Å². The Morgan fingerprint density at radius 3 is 1.96 bits per heavy atom. The molecule has 0 aromatic carbocycles. The Bertz CT molecular complexity index is 1140. The largest absolute Gasteiger partial charge is 0.459 e. The Labute approximate surface area is 311 Å². The maximum Gasteiger partial charge on any atom is 0.311 e. The van der Waals surface area contributed by atoms with Crippen molar-refractivity contribution in [3.8, 4) is 0 Å². The number of aliphatic hydroxyl groups excluding tert-OH is 4. The highest BCUT2D eigenvalue weighted by atomic mass is 16.7. The molecule has 0 aromatic heterocycles. The molecule has 14 nitrogen and oxygen atoms in total. The van der Waals surface area contributed by atoms with Crippen LogP contribution in [0, 0.1) is 23.7 Å². The number of methoxy groups -OCH3 is 2. The van der Waals surface area contributed by atoms with Crippen molar-refractivity contribution in [2.24, 2.45) is 23.7 Å². The lowest BCUT2D eigenvalue weighted by molar-refractivity contribution is -0.320. The molecule has 3 aliphatic rings. The molecule has 0 amide bonds. The van der Waals surface area contributed by atoms with Crippen LogP contribution in [0.15, 0.2) is 0 Å². The number of carbonyl (C=O) groups excluding carboxylic acids is 1. The number of likely N-dealkylation sites (N-methyl/N-ethyl adjacent to an activating group) is 1. The van der Waals surface area contributed by atoms with Gasteiger partial charge in [0.2, 0.25) is 0 Å². The van der Waals surface area contributed by atoms with E-state index in [1.165, 1.54) is 21.1 Å². The zero-order valence-corrected chi connectivity index (χ0v) is 34.0. The van der Waals surface area contributed by atoms with Gasteiger partial charge in [0.1, 0.15) is 23.9 Å². The predicted molar refractivity (Wildman–Crippen MR) is 192 cm³/mol. The minimum atomic E-state index is -1.90. The van der Waals surface area contributed by atoms with Gasteiger partial charge < -0.3 is 63.6 Å². The van der Waals surface area contributed by atoms with Crippen LogP contribution < -0.4 is 0 Å². The fourth-order valence-electron chi connectivity index (χ4n) is 8.76. The molecule has 14 heteroatoms. The summed E-state index contributed by atoms with van der Waals surface area (Å²) in [6.45, 7) is 17.4. The second kappa shape index (κ2) is 17.8. The third kappa shape index (κ3) is 9.50. The van der Waals surface area contributed by atoms with Gasteiger partial charge in [-0.25, -0.2) is 0 Å². The van der Waals surface area contributed by atoms with Crippen molar-refractivity contribution in [3.05, 3.63) is 0 Å². The van der Waals surface area contributed by atoms with Crippen LogP contribution in [0.25, 0.3) is 0 Å². The minimum Gasteiger partial charge on any atom is -0.459 e. The lowest BCUT2D eigenvalue weighted by Gasteiger charge is -2.50. The van der Waals surface area contributed by atoms with E-state index in [-0.39, 0.29) is 31.4 Å². The maximum absolute atomic E-state index is 14.2. The lowest BCUT2D eigenvalue weighted by atomic mass is 9.73. The summed E-state index contributed by atoms with van der Waals surface area (Å²) in [6, 6.07) is -0.269. The summed E-state index contributed by atoms with van der Waals surface area (Å²) in [4.78, 5) is 16.1. The highest BCUT2D eigenvalue weighted by Crippen LogP contribution is 2.42. The van der Waals surface area contributed by atoms with Crippen LogP contribution in [0.2, 0.25) is 0 Å². The van der Waals surface area contributed by atoms with E-state index in [9.17, 15) is 30.3 Å². The average Bonchev–Trinajstić information content (AvgIpc) is 3.09. The van der Waals surface area contributed by atoms with Gasteiger partial charge in [0.05, 0.1) is 53.7 Å². The molecule has 0 saturated carbocycles. The van der Waals surface area contributed by atoms with Crippen LogP contribution in [0.1, 0.15) is 94.9 Å². The second-order valence-corrected chi connectivity index (χ2v) is 16.9. The van der Waals surface area contributed by atoms with Crippen LogP contribution in [0.5, 0.6) is 0 Å². The standard InChI is InChI=1S/C38H71NO13/c1-15-26-38(10,45)31(42)21(4)28(40)19(2)17-37(9,47-14)33(52-35-29(41)25(39(11)12)16-20(3)48-35)22(5)30(23(6)34(44)50-26)51-27-18-36(8,46-13)32(43)24(7)49-27/h19-33,35,40-43,45H,15-18H2,1-14H3/t19-,20-,21+,22+,23-,24+,25+,26-,27+,28+,29-,30+,31-,32+,33+,35+,36-,37-,38-/m1/s1. The number of cyclic esters (lactones) is 1. The van der Waals surface area contributed by atoms with E-state index in [2.05, 4.69) is 0 Å². The first-order chi connectivity index (χ1) is 24.0. The molecular formula is C38H71NO13. The van der Waals surface area contributed by atoms with Gasteiger partial charge in [0.15, 0.2) is 12.6 Å². The zero-order chi connectivity index (χ0) is 39.7. The van der Waals surface area contributed by atoms with E-state index in [0.29, 0.717) is 6.42 Å². The first-order valence-electron chi connectivity index (χ1n) is 19.0. The predicted octanol–water partition coefficient (Wildman–Crippen LogP) is 2.23. The van der Waals surface area contributed by atoms with Crippen molar-refractivity contribution in [1.29, 1.82) is 0 Å². The summed E-state index contributed by atoms with van der Waals surface area (Å²) in [5, 5.41) is 57.3. The number of nitrogens with zero attached hydrogens (tertiary/aromatic N) is 1. The summed E-state index contributed by atoms with van der Waals surface area (Å²) in [5.41, 5.74) is -4.11. The molecule has 5 N–H and O–H groups in total. The highest BCUT2D eigenvalue weighted by molar-refractivity contribution is 5.73. The van der Waals surface area contributed by atoms with Crippen molar-refractivity contribution in [3.63, 3.8) is 0 Å². The molecule has 0 aromatic rings. The van der Waals surface area contributed by atoms with E-state index in [1.54, 1.807) is 34.6 Å². The van der Waals surface area contributed by atoms with Gasteiger partial charge in [0, 0.05) is 38.5 Å². The highest BCUT2D eigenvalue weighted by Gasteiger charge is 2.54. The molecule has 19 atom stereocenters. The van der Waals surface area contributed by atoms with E-state index in [1.807, 2.05) is 46.7 Å². The molecule has 3 fully saturated rings. The fourth-order valence-corrected chi connectivity index (χ4v) is 8.76. The Morgan fingerprint density at radius 1 is 0.827 bits per heavy atom. The number of carbonyl (C=O) groups is 1. The zero-order valence-electron chi connectivity index (χ0n) is 34.0. The smallest absolute Gasteiger partial charge is 0.311 e. The Morgan fingerprint density at radius 2 is 1.42 bits per heavy atom. The summed E-state index contributed by atoms with van der Waals surface area (Å²) in [7, 11) is 6.82. The molecule has 0 aliphatic carbocycles. The maximum atomic E-state index is 14.2. The molecule has 0 spiro atoms. The van der Waals surface area contributed by atoms with Gasteiger partial charge in [-0.1, -0.05) is 27.7 Å². The van der Waals surface area contributed by atoms with Crippen molar-refractivity contribution < 1.29 is 63.5 Å². The summed E-state index contributed by atoms with van der Waals surface area (Å²) in [5.74, 6) is -3.69. The third-order valence-electron chi connectivity index (χ3n) is 12.5. The number of esters is 1. The number of rotatable bonds is 8. The van der Waals surface area contributed by atoms with Crippen molar-refractivity contribution in [2.45, 2.75) is 185 Å². The number of hydrogen-bond acceptors (Lipinski definition) is 14. The normalized spacial score (nSPS) is 50.4. The first-order valence-corrected chi connectivity index (χ1v) is 19.0. The van der Waals surface area contributed by atoms with Crippen molar-refractivity contribution in [1.82, 2.24) is 4.90 Å². The number of aliphatic hydroxyl groups is 5.